The molecule has 1 unspecified atom stereocenters. The first-order valence-electron chi connectivity index (χ1n) is 7.34. The van der Waals surface area contributed by atoms with Crippen molar-refractivity contribution in [2.24, 2.45) is 0 Å². The molecule has 0 aliphatic carbocycles. The van der Waals surface area contributed by atoms with Crippen molar-refractivity contribution in [2.45, 2.75) is 24.6 Å². The van der Waals surface area contributed by atoms with E-state index in [4.69, 9.17) is 4.74 Å². The molecule has 1 aliphatic rings. The van der Waals surface area contributed by atoms with Crippen molar-refractivity contribution in [3.05, 3.63) is 60.7 Å². The predicted molar refractivity (Wildman–Crippen MR) is 87.5 cm³/mol. The van der Waals surface area contributed by atoms with E-state index in [9.17, 15) is 0 Å². The molecule has 1 aliphatic heterocycles. The molecule has 0 N–H and O–H groups in total. The molecule has 0 amide bonds. The van der Waals surface area contributed by atoms with E-state index in [1.807, 2.05) is 0 Å². The molecule has 2 aromatic rings. The second-order valence-electron chi connectivity index (χ2n) is 5.49. The predicted octanol–water partition coefficient (Wildman–Crippen LogP) is 3.04. The molecular formula is C17H21FeNOSi. The van der Waals surface area contributed by atoms with E-state index >= 15 is 0 Å². The zero-order chi connectivity index (χ0) is 13.8. The summed E-state index contributed by atoms with van der Waals surface area (Å²) in [6.45, 7) is 0.875. The van der Waals surface area contributed by atoms with Gasteiger partial charge in [0.1, 0.15) is 5.35 Å². The summed E-state index contributed by atoms with van der Waals surface area (Å²) < 4.78 is 6.22. The van der Waals surface area contributed by atoms with Gasteiger partial charge in [0.15, 0.2) is 0 Å². The molecule has 1 fully saturated rings. The Morgan fingerprint density at radius 2 is 1.38 bits per heavy atom. The zero-order valence-electron chi connectivity index (χ0n) is 12.3. The van der Waals surface area contributed by atoms with Crippen molar-refractivity contribution in [3.63, 3.8) is 0 Å². The normalized spacial score (nSPS) is 21.5. The summed E-state index contributed by atoms with van der Waals surface area (Å²) in [5.41, 5.74) is 2.44. The second-order valence-corrected chi connectivity index (χ2v) is 7.05. The molecule has 2 aromatic carbocycles. The molecule has 1 atom stereocenters. The van der Waals surface area contributed by atoms with Crippen LogP contribution in [0.4, 0.5) is 11.4 Å². The van der Waals surface area contributed by atoms with Gasteiger partial charge in [0.2, 0.25) is 0 Å². The average molecular weight is 339 g/mol. The number of para-hydroxylation sites is 2. The van der Waals surface area contributed by atoms with Crippen molar-refractivity contribution in [2.75, 3.05) is 11.5 Å². The van der Waals surface area contributed by atoms with Crippen LogP contribution in [0.25, 0.3) is 0 Å². The van der Waals surface area contributed by atoms with Crippen LogP contribution in [0.1, 0.15) is 19.3 Å². The van der Waals surface area contributed by atoms with Gasteiger partial charge < -0.3 is 9.64 Å². The number of anilines is 2. The van der Waals surface area contributed by atoms with E-state index in [-0.39, 0.29) is 22.4 Å². The fourth-order valence-electron chi connectivity index (χ4n) is 2.95. The van der Waals surface area contributed by atoms with Crippen molar-refractivity contribution >= 4 is 21.6 Å². The fraction of sp³-hybridized carbons (Fsp3) is 0.294. The van der Waals surface area contributed by atoms with E-state index in [1.165, 1.54) is 24.2 Å². The number of benzene rings is 2. The Morgan fingerprint density at radius 1 is 0.857 bits per heavy atom. The van der Waals surface area contributed by atoms with Crippen LogP contribution in [0.5, 0.6) is 0 Å². The average Bonchev–Trinajstić information content (AvgIpc) is 2.50. The van der Waals surface area contributed by atoms with E-state index in [2.05, 4.69) is 65.6 Å². The molecule has 1 saturated heterocycles. The van der Waals surface area contributed by atoms with E-state index < -0.39 is 0 Å². The van der Waals surface area contributed by atoms with Crippen molar-refractivity contribution in [1.29, 1.82) is 0 Å². The van der Waals surface area contributed by atoms with Crippen molar-refractivity contribution in [1.82, 2.24) is 0 Å². The molecule has 0 bridgehead atoms. The van der Waals surface area contributed by atoms with Gasteiger partial charge in [0.25, 0.3) is 0 Å². The molecule has 21 heavy (non-hydrogen) atoms. The van der Waals surface area contributed by atoms with Crippen molar-refractivity contribution < 1.29 is 21.8 Å². The van der Waals surface area contributed by atoms with E-state index in [1.54, 1.807) is 0 Å². The monoisotopic (exact) mass is 339 g/mol. The molecule has 3 rings (SSSR count). The van der Waals surface area contributed by atoms with Crippen LogP contribution in [0.3, 0.4) is 0 Å². The summed E-state index contributed by atoms with van der Waals surface area (Å²) in [6.07, 6.45) is 3.55. The summed E-state index contributed by atoms with van der Waals surface area (Å²) >= 11 is 0. The van der Waals surface area contributed by atoms with Gasteiger partial charge in [-0.2, -0.15) is 0 Å². The Bertz CT molecular complexity index is 504. The third-order valence-corrected chi connectivity index (χ3v) is 5.19. The summed E-state index contributed by atoms with van der Waals surface area (Å²) in [5, 5.41) is -0.124. The van der Waals surface area contributed by atoms with E-state index in [0.29, 0.717) is 0 Å². The molecule has 4 heteroatoms. The Kier molecular flexibility index (Phi) is 5.65. The Hall–Kier alpha value is -1.06. The third-order valence-electron chi connectivity index (χ3n) is 3.95. The van der Waals surface area contributed by atoms with E-state index in [0.717, 1.165) is 23.3 Å². The largest absolute Gasteiger partial charge is 0.360 e. The van der Waals surface area contributed by atoms with Gasteiger partial charge in [-0.05, 0) is 43.5 Å². The van der Waals surface area contributed by atoms with Gasteiger partial charge in [-0.25, -0.2) is 0 Å². The van der Waals surface area contributed by atoms with Gasteiger partial charge in [0, 0.05) is 35.1 Å². The zero-order valence-corrected chi connectivity index (χ0v) is 15.4. The van der Waals surface area contributed by atoms with Crippen LogP contribution in [-0.2, 0) is 21.8 Å². The summed E-state index contributed by atoms with van der Waals surface area (Å²) in [4.78, 5) is 2.39. The van der Waals surface area contributed by atoms with Crippen LogP contribution in [0.15, 0.2) is 60.7 Å². The molecule has 0 saturated carbocycles. The minimum atomic E-state index is -0.124. The number of nitrogens with zero attached hydrogens (tertiary/aromatic N) is 1. The van der Waals surface area contributed by atoms with Gasteiger partial charge in [0.05, 0.1) is 10.2 Å². The first kappa shape index (κ1) is 16.3. The Morgan fingerprint density at radius 3 is 1.81 bits per heavy atom. The first-order valence-corrected chi connectivity index (χ1v) is 8.34. The van der Waals surface area contributed by atoms with Crippen LogP contribution in [0.2, 0.25) is 0 Å². The molecular weight excluding hydrogens is 318 g/mol. The maximum absolute atomic E-state index is 6.22. The Balaban J connectivity index is 0.00000161. The van der Waals surface area contributed by atoms with Crippen LogP contribution >= 0.6 is 0 Å². The first-order chi connectivity index (χ1) is 9.80. The third kappa shape index (κ3) is 3.58. The molecule has 0 aromatic heterocycles. The SMILES string of the molecule is [Fe].[SiH3]C1(N(c2ccccc2)c2ccccc2)CCCCO1. The molecule has 2 nitrogen and oxygen atoms in total. The molecule has 112 valence electrons. The van der Waals surface area contributed by atoms with Gasteiger partial charge in [-0.3, -0.25) is 0 Å². The van der Waals surface area contributed by atoms with Crippen LogP contribution in [-0.4, -0.2) is 22.2 Å². The van der Waals surface area contributed by atoms with Crippen LogP contribution in [0, 0.1) is 0 Å². The smallest absolute Gasteiger partial charge is 0.119 e. The molecule has 1 heterocycles. The maximum Gasteiger partial charge on any atom is 0.119 e. The number of rotatable bonds is 3. The summed E-state index contributed by atoms with van der Waals surface area (Å²) in [7, 11) is 0.987. The van der Waals surface area contributed by atoms with Gasteiger partial charge >= 0.3 is 0 Å². The quantitative estimate of drug-likeness (QED) is 0.797. The minimum absolute atomic E-state index is 0. The van der Waals surface area contributed by atoms with Gasteiger partial charge in [-0.15, -0.1) is 0 Å². The van der Waals surface area contributed by atoms with Crippen LogP contribution < -0.4 is 4.90 Å². The molecule has 0 radical (unpaired) electrons. The number of hydrogen-bond acceptors (Lipinski definition) is 2. The maximum atomic E-state index is 6.22. The summed E-state index contributed by atoms with van der Waals surface area (Å²) in [5.74, 6) is 0. The van der Waals surface area contributed by atoms with Gasteiger partial charge in [-0.1, -0.05) is 36.4 Å². The topological polar surface area (TPSA) is 12.5 Å². The van der Waals surface area contributed by atoms with Crippen molar-refractivity contribution in [3.8, 4) is 0 Å². The fourth-order valence-corrected chi connectivity index (χ4v) is 4.02. The second kappa shape index (κ2) is 7.28. The number of hydrogen-bond donors (Lipinski definition) is 0. The summed E-state index contributed by atoms with van der Waals surface area (Å²) in [6, 6.07) is 21.2. The standard InChI is InChI=1S/C17H21NOSi.Fe/c20-17(13-7-8-14-19-17)18(15-9-3-1-4-10-15)16-11-5-2-6-12-16;/h1-6,9-12H,7-8,13-14H2,20H3;. The molecule has 0 spiro atoms. The Labute approximate surface area is 140 Å². The number of ether oxygens (including phenoxy) is 1. The minimum Gasteiger partial charge on any atom is -0.360 e.